The number of nitrogen functional groups attached to an aromatic ring is 1. The lowest BCUT2D eigenvalue weighted by Gasteiger charge is -2.27. The number of nitrogens with zero attached hydrogens (tertiary/aromatic N) is 7. The number of benzene rings is 2. The van der Waals surface area contributed by atoms with Crippen LogP contribution in [-0.2, 0) is 51.9 Å². The van der Waals surface area contributed by atoms with E-state index in [9.17, 15) is 0 Å². The lowest BCUT2D eigenvalue weighted by atomic mass is 9.94. The number of hydrogen-bond acceptors (Lipinski definition) is 6. The molecule has 0 saturated heterocycles. The Labute approximate surface area is 309 Å². The van der Waals surface area contributed by atoms with E-state index in [0.717, 1.165) is 80.4 Å². The summed E-state index contributed by atoms with van der Waals surface area (Å²) in [6.45, 7) is 16.9. The first-order valence-corrected chi connectivity index (χ1v) is 19.5. The highest BCUT2D eigenvalue weighted by atomic mass is 15.2. The third-order valence-corrected chi connectivity index (χ3v) is 10.5. The van der Waals surface area contributed by atoms with E-state index in [2.05, 4.69) is 126 Å². The highest BCUT2D eigenvalue weighted by Crippen LogP contribution is 2.36. The second-order valence-electron chi connectivity index (χ2n) is 15.7. The quantitative estimate of drug-likeness (QED) is 0.162. The minimum atomic E-state index is 0.571. The van der Waals surface area contributed by atoms with Gasteiger partial charge in [0.15, 0.2) is 11.6 Å². The predicted molar refractivity (Wildman–Crippen MR) is 215 cm³/mol. The molecule has 0 fully saturated rings. The van der Waals surface area contributed by atoms with Crippen LogP contribution in [0.4, 0.5) is 11.6 Å². The van der Waals surface area contributed by atoms with Gasteiger partial charge in [0, 0.05) is 37.6 Å². The maximum Gasteiger partial charge on any atom is 0.157 e. The normalized spacial score (nSPS) is 14.1. The van der Waals surface area contributed by atoms with E-state index < -0.39 is 0 Å². The first kappa shape index (κ1) is 35.7. The maximum absolute atomic E-state index is 6.11. The minimum absolute atomic E-state index is 0.571. The summed E-state index contributed by atoms with van der Waals surface area (Å²) < 4.78 is 4.79. The molecule has 52 heavy (non-hydrogen) atoms. The van der Waals surface area contributed by atoms with Crippen LogP contribution in [0.15, 0.2) is 60.7 Å². The predicted octanol–water partition coefficient (Wildman–Crippen LogP) is 9.34. The first-order chi connectivity index (χ1) is 25.2. The number of rotatable bonds is 9. The number of fused-ring (bicyclic) bond motifs is 6. The zero-order chi connectivity index (χ0) is 36.4. The first-order valence-electron chi connectivity index (χ1n) is 19.5. The molecule has 0 unspecified atom stereocenters. The van der Waals surface area contributed by atoms with Gasteiger partial charge in [-0.15, -0.1) is 0 Å². The Morgan fingerprint density at radius 3 is 1.54 bits per heavy atom. The number of pyridine rings is 2. The fraction of sp³-hybridized carbons (Fsp3) is 0.455. The molecule has 2 N–H and O–H groups in total. The molecule has 2 aromatic carbocycles. The fourth-order valence-corrected chi connectivity index (χ4v) is 8.20. The van der Waals surface area contributed by atoms with Gasteiger partial charge in [-0.3, -0.25) is 0 Å². The van der Waals surface area contributed by atoms with Gasteiger partial charge in [-0.1, -0.05) is 88.4 Å². The van der Waals surface area contributed by atoms with E-state index in [1.165, 1.54) is 70.4 Å². The van der Waals surface area contributed by atoms with Gasteiger partial charge in [-0.25, -0.2) is 19.9 Å². The Hall–Kier alpha value is -4.72. The Bertz CT molecular complexity index is 2100. The average Bonchev–Trinajstić information content (AvgIpc) is 3.64. The smallest absolute Gasteiger partial charge is 0.157 e. The molecule has 0 amide bonds. The summed E-state index contributed by atoms with van der Waals surface area (Å²) in [5.41, 5.74) is 18.5. The summed E-state index contributed by atoms with van der Waals surface area (Å²) in [5, 5.41) is 0. The summed E-state index contributed by atoms with van der Waals surface area (Å²) in [5.74, 6) is 4.95. The molecular weight excluding hydrogens is 641 g/mol. The summed E-state index contributed by atoms with van der Waals surface area (Å²) in [4.78, 5) is 22.1. The zero-order valence-electron chi connectivity index (χ0n) is 32.1. The van der Waals surface area contributed by atoms with Gasteiger partial charge in [0.2, 0.25) is 0 Å². The van der Waals surface area contributed by atoms with Crippen LogP contribution >= 0.6 is 0 Å². The zero-order valence-corrected chi connectivity index (χ0v) is 32.1. The summed E-state index contributed by atoms with van der Waals surface area (Å²) >= 11 is 0. The molecule has 272 valence electrons. The molecule has 6 aromatic rings. The lowest BCUT2D eigenvalue weighted by molar-refractivity contribution is 0.522. The van der Waals surface area contributed by atoms with Crippen LogP contribution in [-0.4, -0.2) is 29.1 Å². The van der Waals surface area contributed by atoms with Crippen molar-refractivity contribution in [1.29, 1.82) is 0 Å². The van der Waals surface area contributed by atoms with E-state index in [0.29, 0.717) is 17.7 Å². The van der Waals surface area contributed by atoms with E-state index in [-0.39, 0.29) is 0 Å². The third kappa shape index (κ3) is 7.43. The van der Waals surface area contributed by atoms with Gasteiger partial charge < -0.3 is 19.8 Å². The number of hydrogen-bond donors (Lipinski definition) is 1. The third-order valence-electron chi connectivity index (χ3n) is 10.5. The second kappa shape index (κ2) is 15.5. The Morgan fingerprint density at radius 1 is 0.596 bits per heavy atom. The van der Waals surface area contributed by atoms with Gasteiger partial charge in [-0.05, 0) is 99.3 Å². The van der Waals surface area contributed by atoms with Crippen molar-refractivity contribution in [2.45, 2.75) is 119 Å². The summed E-state index contributed by atoms with van der Waals surface area (Å²) in [6, 6.07) is 21.5. The number of nitrogens with two attached hydrogens (primary N) is 1. The summed E-state index contributed by atoms with van der Waals surface area (Å²) in [7, 11) is 0. The molecule has 8 heteroatoms. The van der Waals surface area contributed by atoms with Crippen molar-refractivity contribution in [2.24, 2.45) is 11.8 Å². The number of aryl methyl sites for hydroxylation is 6. The molecule has 0 atom stereocenters. The Kier molecular flexibility index (Phi) is 10.6. The molecule has 4 aromatic heterocycles. The maximum atomic E-state index is 6.11. The molecule has 8 rings (SSSR count). The Morgan fingerprint density at radius 2 is 1.04 bits per heavy atom. The monoisotopic (exact) mass is 696 g/mol. The number of aromatic nitrogens is 6. The lowest BCUT2D eigenvalue weighted by Crippen LogP contribution is -2.25. The van der Waals surface area contributed by atoms with Crippen molar-refractivity contribution in [3.63, 3.8) is 0 Å². The van der Waals surface area contributed by atoms with Crippen molar-refractivity contribution >= 4 is 33.7 Å². The Balaban J connectivity index is 0.000000187. The van der Waals surface area contributed by atoms with Crippen LogP contribution in [0.25, 0.3) is 22.1 Å². The highest BCUT2D eigenvalue weighted by molar-refractivity contribution is 5.91. The van der Waals surface area contributed by atoms with Crippen molar-refractivity contribution in [2.75, 3.05) is 10.6 Å². The second-order valence-corrected chi connectivity index (χ2v) is 15.7. The summed E-state index contributed by atoms with van der Waals surface area (Å²) in [6.07, 6.45) is 9.28. The van der Waals surface area contributed by atoms with Gasteiger partial charge in [0.05, 0.1) is 11.0 Å². The molecule has 4 heterocycles. The molecular formula is C44H56N8. The standard InChI is InChI=1S/C29H34N4.C15H22N4/c1-21(2)18-33-22(3)30-27-28(33)25-16-10-11-17-26(25)31-29(27)32(19-23-12-6-4-7-13-23)20-24-14-8-5-9-15-24;1-9(2)8-19-10(3)17-13-14(19)11-6-4-5-7-12(11)18-15(13)16/h4-9,12-15,21H,10-11,16-20H2,1-3H3;9H,4-8H2,1-3H3,(H2,16,18). The van der Waals surface area contributed by atoms with E-state index in [1.54, 1.807) is 0 Å². The van der Waals surface area contributed by atoms with Crippen molar-refractivity contribution < 1.29 is 0 Å². The van der Waals surface area contributed by atoms with Gasteiger partial charge in [-0.2, -0.15) is 0 Å². The van der Waals surface area contributed by atoms with Crippen LogP contribution < -0.4 is 10.6 Å². The molecule has 0 spiro atoms. The van der Waals surface area contributed by atoms with Crippen LogP contribution in [0.5, 0.6) is 0 Å². The van der Waals surface area contributed by atoms with Crippen molar-refractivity contribution in [3.05, 3.63) is 106 Å². The molecule has 2 aliphatic rings. The van der Waals surface area contributed by atoms with Crippen LogP contribution in [0.3, 0.4) is 0 Å². The molecule has 0 bridgehead atoms. The fourth-order valence-electron chi connectivity index (χ4n) is 8.20. The topological polar surface area (TPSA) is 90.7 Å². The number of imidazole rings is 2. The minimum Gasteiger partial charge on any atom is -0.382 e. The van der Waals surface area contributed by atoms with Crippen LogP contribution in [0.1, 0.15) is 98.7 Å². The van der Waals surface area contributed by atoms with Crippen molar-refractivity contribution in [3.8, 4) is 0 Å². The van der Waals surface area contributed by atoms with Crippen molar-refractivity contribution in [1.82, 2.24) is 29.1 Å². The SMILES string of the molecule is Cc1nc2c(N(Cc3ccccc3)Cc3ccccc3)nc3c(c2n1CC(C)C)CCCC3.Cc1nc2c(N)nc3c(c2n1CC(C)C)CCCC3. The number of anilines is 2. The van der Waals surface area contributed by atoms with Gasteiger partial charge in [0.1, 0.15) is 22.7 Å². The molecule has 0 aliphatic heterocycles. The molecule has 2 aliphatic carbocycles. The largest absolute Gasteiger partial charge is 0.382 e. The average molecular weight is 697 g/mol. The van der Waals surface area contributed by atoms with Gasteiger partial charge >= 0.3 is 0 Å². The van der Waals surface area contributed by atoms with E-state index in [4.69, 9.17) is 15.7 Å². The van der Waals surface area contributed by atoms with Crippen LogP contribution in [0.2, 0.25) is 0 Å². The van der Waals surface area contributed by atoms with Crippen LogP contribution in [0, 0.1) is 25.7 Å². The molecule has 0 radical (unpaired) electrons. The molecule has 0 saturated carbocycles. The van der Waals surface area contributed by atoms with E-state index in [1.807, 2.05) is 0 Å². The molecule has 8 nitrogen and oxygen atoms in total. The van der Waals surface area contributed by atoms with E-state index >= 15 is 0 Å². The van der Waals surface area contributed by atoms with Gasteiger partial charge in [0.25, 0.3) is 0 Å². The highest BCUT2D eigenvalue weighted by Gasteiger charge is 2.26.